The smallest absolute Gasteiger partial charge is 0.245 e. The molecule has 0 spiro atoms. The molecule has 100 valence electrons. The molecule has 5 nitrogen and oxygen atoms in total. The Morgan fingerprint density at radius 1 is 1.50 bits per heavy atom. The molecule has 0 aliphatic heterocycles. The van der Waals surface area contributed by atoms with Gasteiger partial charge in [0.05, 0.1) is 17.4 Å². The molecule has 0 saturated heterocycles. The summed E-state index contributed by atoms with van der Waals surface area (Å²) in [6.07, 6.45) is 7.88. The van der Waals surface area contributed by atoms with Crippen LogP contribution in [0.1, 0.15) is 32.4 Å². The fraction of sp³-hybridized carbons (Fsp3) is 0.583. The number of sulfonamides is 1. The van der Waals surface area contributed by atoms with Crippen molar-refractivity contribution >= 4 is 10.0 Å². The van der Waals surface area contributed by atoms with Gasteiger partial charge in [-0.3, -0.25) is 4.68 Å². The third kappa shape index (κ3) is 2.57. The minimum atomic E-state index is -3.64. The van der Waals surface area contributed by atoms with Crippen molar-refractivity contribution in [3.05, 3.63) is 11.9 Å². The standard InChI is InChI=1S/C12H19N3O2S/c1-6-12(7-2,8-3)14-18(16,17)11-9-13-15(5)10(11)4/h1,9,14H,7-8H2,2-5H3. The molecule has 1 N–H and O–H groups in total. The highest BCUT2D eigenvalue weighted by Crippen LogP contribution is 2.20. The number of hydrogen-bond donors (Lipinski definition) is 1. The molecule has 0 aliphatic carbocycles. The van der Waals surface area contributed by atoms with Crippen LogP contribution in [-0.2, 0) is 17.1 Å². The highest BCUT2D eigenvalue weighted by atomic mass is 32.2. The van der Waals surface area contributed by atoms with Crippen LogP contribution in [0.15, 0.2) is 11.1 Å². The van der Waals surface area contributed by atoms with Crippen molar-refractivity contribution in [3.63, 3.8) is 0 Å². The predicted molar refractivity (Wildman–Crippen MR) is 70.4 cm³/mol. The van der Waals surface area contributed by atoms with Crippen molar-refractivity contribution in [2.24, 2.45) is 7.05 Å². The van der Waals surface area contributed by atoms with Gasteiger partial charge in [-0.15, -0.1) is 6.42 Å². The molecular weight excluding hydrogens is 250 g/mol. The third-order valence-corrected chi connectivity index (χ3v) is 4.93. The van der Waals surface area contributed by atoms with Crippen LogP contribution in [0, 0.1) is 19.3 Å². The van der Waals surface area contributed by atoms with Crippen molar-refractivity contribution in [1.29, 1.82) is 0 Å². The molecule has 1 heterocycles. The summed E-state index contributed by atoms with van der Waals surface area (Å²) in [6, 6.07) is 0. The van der Waals surface area contributed by atoms with Gasteiger partial charge in [0, 0.05) is 7.05 Å². The zero-order valence-corrected chi connectivity index (χ0v) is 12.0. The predicted octanol–water partition coefficient (Wildman–Crippen LogP) is 1.20. The molecule has 1 rings (SSSR count). The van der Waals surface area contributed by atoms with Gasteiger partial charge < -0.3 is 0 Å². The van der Waals surface area contributed by atoms with E-state index in [0.29, 0.717) is 18.5 Å². The van der Waals surface area contributed by atoms with Crippen molar-refractivity contribution in [3.8, 4) is 12.3 Å². The van der Waals surface area contributed by atoms with Crippen LogP contribution in [0.4, 0.5) is 0 Å². The molecule has 0 atom stereocenters. The number of hydrogen-bond acceptors (Lipinski definition) is 3. The lowest BCUT2D eigenvalue weighted by Gasteiger charge is -2.26. The van der Waals surface area contributed by atoms with Crippen LogP contribution in [-0.4, -0.2) is 23.7 Å². The van der Waals surface area contributed by atoms with Gasteiger partial charge in [0.1, 0.15) is 4.90 Å². The lowest BCUT2D eigenvalue weighted by Crippen LogP contribution is -2.46. The summed E-state index contributed by atoms with van der Waals surface area (Å²) >= 11 is 0. The molecule has 1 aromatic rings. The van der Waals surface area contributed by atoms with Gasteiger partial charge in [-0.2, -0.15) is 9.82 Å². The third-order valence-electron chi connectivity index (χ3n) is 3.29. The van der Waals surface area contributed by atoms with E-state index in [9.17, 15) is 8.42 Å². The Labute approximate surface area is 109 Å². The molecule has 0 unspecified atom stereocenters. The minimum Gasteiger partial charge on any atom is -0.272 e. The van der Waals surface area contributed by atoms with E-state index in [2.05, 4.69) is 15.7 Å². The quantitative estimate of drug-likeness (QED) is 0.817. The van der Waals surface area contributed by atoms with Crippen LogP contribution >= 0.6 is 0 Å². The average Bonchev–Trinajstić information content (AvgIpc) is 2.68. The summed E-state index contributed by atoms with van der Waals surface area (Å²) in [4.78, 5) is 0.173. The Balaban J connectivity index is 3.18. The van der Waals surface area contributed by atoms with Crippen molar-refractivity contribution in [2.75, 3.05) is 0 Å². The molecule has 0 amide bonds. The Kier molecular flexibility index (Phi) is 4.20. The van der Waals surface area contributed by atoms with Gasteiger partial charge in [-0.25, -0.2) is 8.42 Å². The normalized spacial score (nSPS) is 12.4. The molecule has 0 fully saturated rings. The molecular formula is C12H19N3O2S. The number of aromatic nitrogens is 2. The molecule has 0 aromatic carbocycles. The van der Waals surface area contributed by atoms with Gasteiger partial charge >= 0.3 is 0 Å². The highest BCUT2D eigenvalue weighted by Gasteiger charge is 2.31. The molecule has 0 saturated carbocycles. The van der Waals surface area contributed by atoms with Gasteiger partial charge in [0.15, 0.2) is 0 Å². The summed E-state index contributed by atoms with van der Waals surface area (Å²) in [5, 5.41) is 3.94. The molecule has 0 bridgehead atoms. The van der Waals surface area contributed by atoms with Gasteiger partial charge in [-0.05, 0) is 19.8 Å². The number of nitrogens with one attached hydrogen (secondary N) is 1. The van der Waals surface area contributed by atoms with Gasteiger partial charge in [-0.1, -0.05) is 19.8 Å². The fourth-order valence-corrected chi connectivity index (χ4v) is 3.36. The van der Waals surface area contributed by atoms with E-state index in [-0.39, 0.29) is 4.90 Å². The second-order valence-corrected chi connectivity index (χ2v) is 5.91. The monoisotopic (exact) mass is 269 g/mol. The van der Waals surface area contributed by atoms with Crippen LogP contribution in [0.25, 0.3) is 0 Å². The van der Waals surface area contributed by atoms with E-state index < -0.39 is 15.6 Å². The first-order valence-corrected chi connectivity index (χ1v) is 7.30. The molecule has 6 heteroatoms. The van der Waals surface area contributed by atoms with E-state index in [1.54, 1.807) is 14.0 Å². The maximum atomic E-state index is 12.3. The maximum Gasteiger partial charge on any atom is 0.245 e. The van der Waals surface area contributed by atoms with Crippen LogP contribution < -0.4 is 4.72 Å². The van der Waals surface area contributed by atoms with E-state index in [4.69, 9.17) is 6.42 Å². The van der Waals surface area contributed by atoms with Crippen LogP contribution in [0.5, 0.6) is 0 Å². The summed E-state index contributed by atoms with van der Waals surface area (Å²) in [5.41, 5.74) is -0.248. The lowest BCUT2D eigenvalue weighted by molar-refractivity contribution is 0.451. The Bertz CT molecular complexity index is 563. The summed E-state index contributed by atoms with van der Waals surface area (Å²) in [6.45, 7) is 5.43. The first-order chi connectivity index (χ1) is 8.32. The topological polar surface area (TPSA) is 64.0 Å². The zero-order valence-electron chi connectivity index (χ0n) is 11.2. The van der Waals surface area contributed by atoms with Crippen LogP contribution in [0.2, 0.25) is 0 Å². The van der Waals surface area contributed by atoms with Crippen molar-refractivity contribution in [2.45, 2.75) is 44.0 Å². The number of nitrogens with zero attached hydrogens (tertiary/aromatic N) is 2. The second-order valence-electron chi connectivity index (χ2n) is 4.26. The van der Waals surface area contributed by atoms with E-state index in [1.165, 1.54) is 10.9 Å². The zero-order chi connectivity index (χ0) is 14.0. The molecule has 0 radical (unpaired) electrons. The Morgan fingerprint density at radius 2 is 2.06 bits per heavy atom. The van der Waals surface area contributed by atoms with Crippen molar-refractivity contribution < 1.29 is 8.42 Å². The summed E-state index contributed by atoms with van der Waals surface area (Å²) in [5.74, 6) is 2.55. The SMILES string of the molecule is C#CC(CC)(CC)NS(=O)(=O)c1cnn(C)c1C. The fourth-order valence-electron chi connectivity index (χ4n) is 1.68. The number of terminal acetylenes is 1. The lowest BCUT2D eigenvalue weighted by atomic mass is 9.96. The maximum absolute atomic E-state index is 12.3. The largest absolute Gasteiger partial charge is 0.272 e. The first-order valence-electron chi connectivity index (χ1n) is 5.82. The minimum absolute atomic E-state index is 0.173. The molecule has 18 heavy (non-hydrogen) atoms. The first kappa shape index (κ1) is 14.7. The van der Waals surface area contributed by atoms with Crippen LogP contribution in [0.3, 0.4) is 0 Å². The van der Waals surface area contributed by atoms with Crippen molar-refractivity contribution in [1.82, 2.24) is 14.5 Å². The number of rotatable bonds is 5. The van der Waals surface area contributed by atoms with Gasteiger partial charge in [0.2, 0.25) is 10.0 Å². The Morgan fingerprint density at radius 3 is 2.39 bits per heavy atom. The summed E-state index contributed by atoms with van der Waals surface area (Å²) < 4.78 is 28.7. The van der Waals surface area contributed by atoms with E-state index >= 15 is 0 Å². The highest BCUT2D eigenvalue weighted by molar-refractivity contribution is 7.89. The molecule has 1 aromatic heterocycles. The van der Waals surface area contributed by atoms with E-state index in [0.717, 1.165) is 0 Å². The average molecular weight is 269 g/mol. The van der Waals surface area contributed by atoms with Gasteiger partial charge in [0.25, 0.3) is 0 Å². The molecule has 0 aliphatic rings. The second kappa shape index (κ2) is 5.12. The van der Waals surface area contributed by atoms with E-state index in [1.807, 2.05) is 13.8 Å². The number of aryl methyl sites for hydroxylation is 1. The summed E-state index contributed by atoms with van der Waals surface area (Å²) in [7, 11) is -1.94. The Hall–Kier alpha value is -1.32.